The minimum Gasteiger partial charge on any atom is -0.342 e. The highest BCUT2D eigenvalue weighted by Crippen LogP contribution is 2.24. The first-order valence-corrected chi connectivity index (χ1v) is 7.29. The monoisotopic (exact) mass is 343 g/mol. The molecule has 9 heteroatoms. The Labute approximate surface area is 131 Å². The van der Waals surface area contributed by atoms with Crippen LogP contribution >= 0.6 is 11.3 Å². The smallest absolute Gasteiger partial charge is 0.342 e. The van der Waals surface area contributed by atoms with Crippen LogP contribution in [0.25, 0.3) is 16.2 Å². The van der Waals surface area contributed by atoms with Gasteiger partial charge in [0.15, 0.2) is 4.96 Å². The summed E-state index contributed by atoms with van der Waals surface area (Å²) in [7, 11) is 0. The van der Waals surface area contributed by atoms with Gasteiger partial charge in [-0.1, -0.05) is 0 Å². The highest BCUT2D eigenvalue weighted by molar-refractivity contribution is 7.15. The van der Waals surface area contributed by atoms with Crippen LogP contribution in [-0.2, 0) is 0 Å². The van der Waals surface area contributed by atoms with Crippen molar-refractivity contribution in [3.63, 3.8) is 0 Å². The van der Waals surface area contributed by atoms with Crippen LogP contribution in [0.4, 0.5) is 17.6 Å². The van der Waals surface area contributed by atoms with Gasteiger partial charge in [0.05, 0.1) is 5.69 Å². The number of aromatic nitrogens is 2. The molecular weight excluding hydrogens is 334 g/mol. The molecule has 23 heavy (non-hydrogen) atoms. The molecule has 3 aromatic rings. The lowest BCUT2D eigenvalue weighted by atomic mass is 10.2. The number of nitrogens with one attached hydrogen (secondary N) is 1. The number of halogens is 4. The summed E-state index contributed by atoms with van der Waals surface area (Å²) in [5.41, 5.74) is 1.21. The lowest BCUT2D eigenvalue weighted by molar-refractivity contribution is -0.123. The van der Waals surface area contributed by atoms with Crippen molar-refractivity contribution in [2.45, 2.75) is 6.18 Å². The van der Waals surface area contributed by atoms with Gasteiger partial charge in [0, 0.05) is 17.1 Å². The number of thiazole rings is 1. The molecule has 0 atom stereocenters. The highest BCUT2D eigenvalue weighted by atomic mass is 32.1. The molecule has 1 N–H and O–H groups in total. The Morgan fingerprint density at radius 3 is 2.61 bits per heavy atom. The van der Waals surface area contributed by atoms with E-state index in [1.54, 1.807) is 0 Å². The fourth-order valence-electron chi connectivity index (χ4n) is 1.98. The van der Waals surface area contributed by atoms with E-state index < -0.39 is 18.6 Å². The predicted octanol–water partition coefficient (Wildman–Crippen LogP) is 3.49. The number of nitrogens with zero attached hydrogens (tertiary/aromatic N) is 2. The third kappa shape index (κ3) is 3.34. The van der Waals surface area contributed by atoms with Crippen molar-refractivity contribution in [2.75, 3.05) is 6.54 Å². The quantitative estimate of drug-likeness (QED) is 0.740. The number of hydrogen-bond acceptors (Lipinski definition) is 3. The summed E-state index contributed by atoms with van der Waals surface area (Å²) < 4.78 is 50.8. The van der Waals surface area contributed by atoms with Gasteiger partial charge in [-0.2, -0.15) is 13.2 Å². The van der Waals surface area contributed by atoms with Crippen LogP contribution in [0, 0.1) is 5.82 Å². The third-order valence-corrected chi connectivity index (χ3v) is 3.87. The molecule has 0 saturated heterocycles. The number of hydrogen-bond donors (Lipinski definition) is 1. The number of amides is 1. The van der Waals surface area contributed by atoms with Crippen molar-refractivity contribution in [3.8, 4) is 11.3 Å². The van der Waals surface area contributed by atoms with Crippen molar-refractivity contribution in [1.82, 2.24) is 14.7 Å². The minimum atomic E-state index is -4.47. The SMILES string of the molecule is O=C(NCC(F)(F)F)c1csc2nc(-c3ccc(F)cc3)cn12. The zero-order valence-electron chi connectivity index (χ0n) is 11.4. The molecule has 0 aliphatic heterocycles. The second-order valence-corrected chi connectivity index (χ2v) is 5.54. The molecule has 0 bridgehead atoms. The molecule has 0 saturated carbocycles. The largest absolute Gasteiger partial charge is 0.405 e. The maximum absolute atomic E-state index is 12.9. The molecule has 2 heterocycles. The summed E-state index contributed by atoms with van der Waals surface area (Å²) in [6.07, 6.45) is -2.94. The van der Waals surface area contributed by atoms with Crippen molar-refractivity contribution < 1.29 is 22.4 Å². The van der Waals surface area contributed by atoms with Gasteiger partial charge in [-0.25, -0.2) is 9.37 Å². The van der Waals surface area contributed by atoms with Gasteiger partial charge >= 0.3 is 6.18 Å². The molecule has 0 radical (unpaired) electrons. The molecule has 0 aliphatic rings. The molecule has 0 spiro atoms. The van der Waals surface area contributed by atoms with Gasteiger partial charge in [-0.15, -0.1) is 11.3 Å². The number of fused-ring (bicyclic) bond motifs is 1. The zero-order chi connectivity index (χ0) is 16.6. The fourth-order valence-corrected chi connectivity index (χ4v) is 2.83. The van der Waals surface area contributed by atoms with E-state index in [1.807, 2.05) is 5.32 Å². The average Bonchev–Trinajstić information content (AvgIpc) is 3.05. The summed E-state index contributed by atoms with van der Waals surface area (Å²) in [6, 6.07) is 5.62. The van der Waals surface area contributed by atoms with E-state index in [2.05, 4.69) is 4.98 Å². The van der Waals surface area contributed by atoms with Crippen LogP contribution in [-0.4, -0.2) is 28.0 Å². The maximum Gasteiger partial charge on any atom is 0.405 e. The Balaban J connectivity index is 1.88. The topological polar surface area (TPSA) is 46.4 Å². The minimum absolute atomic E-state index is 0.0649. The van der Waals surface area contributed by atoms with E-state index in [-0.39, 0.29) is 11.5 Å². The molecule has 0 fully saturated rings. The number of imidazole rings is 1. The lowest BCUT2D eigenvalue weighted by Crippen LogP contribution is -2.34. The average molecular weight is 343 g/mol. The molecule has 4 nitrogen and oxygen atoms in total. The van der Waals surface area contributed by atoms with E-state index in [4.69, 9.17) is 0 Å². The van der Waals surface area contributed by atoms with Gasteiger partial charge in [0.2, 0.25) is 0 Å². The van der Waals surface area contributed by atoms with Crippen molar-refractivity contribution >= 4 is 22.2 Å². The van der Waals surface area contributed by atoms with E-state index in [0.29, 0.717) is 16.2 Å². The fraction of sp³-hybridized carbons (Fsp3) is 0.143. The van der Waals surface area contributed by atoms with Crippen molar-refractivity contribution in [1.29, 1.82) is 0 Å². The lowest BCUT2D eigenvalue weighted by Gasteiger charge is -2.07. The Morgan fingerprint density at radius 1 is 1.26 bits per heavy atom. The number of carbonyl (C=O) groups is 1. The Morgan fingerprint density at radius 2 is 1.96 bits per heavy atom. The maximum atomic E-state index is 12.9. The van der Waals surface area contributed by atoms with Crippen LogP contribution in [0.1, 0.15) is 10.5 Å². The predicted molar refractivity (Wildman–Crippen MR) is 76.9 cm³/mol. The molecule has 0 aliphatic carbocycles. The van der Waals surface area contributed by atoms with Crippen molar-refractivity contribution in [3.05, 3.63) is 47.4 Å². The summed E-state index contributed by atoms with van der Waals surface area (Å²) in [6.45, 7) is -1.40. The zero-order valence-corrected chi connectivity index (χ0v) is 12.2. The van der Waals surface area contributed by atoms with E-state index in [1.165, 1.54) is 40.2 Å². The van der Waals surface area contributed by atoms with Crippen LogP contribution in [0.3, 0.4) is 0 Å². The van der Waals surface area contributed by atoms with Gasteiger partial charge < -0.3 is 5.32 Å². The number of rotatable bonds is 3. The van der Waals surface area contributed by atoms with E-state index in [9.17, 15) is 22.4 Å². The molecule has 0 unspecified atom stereocenters. The van der Waals surface area contributed by atoms with Gasteiger partial charge in [-0.3, -0.25) is 9.20 Å². The summed E-state index contributed by atoms with van der Waals surface area (Å²) in [5, 5.41) is 3.25. The first kappa shape index (κ1) is 15.5. The first-order chi connectivity index (χ1) is 10.8. The van der Waals surface area contributed by atoms with Crippen LogP contribution < -0.4 is 5.32 Å². The summed E-state index contributed by atoms with van der Waals surface area (Å²) in [4.78, 5) is 16.6. The Kier molecular flexibility index (Phi) is 3.80. The second kappa shape index (κ2) is 5.65. The third-order valence-electron chi connectivity index (χ3n) is 3.03. The number of alkyl halides is 3. The van der Waals surface area contributed by atoms with Gasteiger partial charge in [-0.05, 0) is 24.3 Å². The highest BCUT2D eigenvalue weighted by Gasteiger charge is 2.28. The van der Waals surface area contributed by atoms with Crippen LogP contribution in [0.2, 0.25) is 0 Å². The second-order valence-electron chi connectivity index (χ2n) is 4.70. The number of carbonyl (C=O) groups excluding carboxylic acids is 1. The molecular formula is C14H9F4N3OS. The van der Waals surface area contributed by atoms with Gasteiger partial charge in [0.25, 0.3) is 5.91 Å². The van der Waals surface area contributed by atoms with E-state index >= 15 is 0 Å². The molecule has 3 rings (SSSR count). The summed E-state index contributed by atoms with van der Waals surface area (Å²) in [5.74, 6) is -1.22. The molecule has 1 aromatic carbocycles. The first-order valence-electron chi connectivity index (χ1n) is 6.41. The van der Waals surface area contributed by atoms with Crippen LogP contribution in [0.15, 0.2) is 35.8 Å². The Bertz CT molecular complexity index is 851. The van der Waals surface area contributed by atoms with Crippen molar-refractivity contribution in [2.24, 2.45) is 0 Å². The van der Waals surface area contributed by atoms with Crippen LogP contribution in [0.5, 0.6) is 0 Å². The Hall–Kier alpha value is -2.42. The van der Waals surface area contributed by atoms with E-state index in [0.717, 1.165) is 11.3 Å². The molecule has 120 valence electrons. The molecule has 2 aromatic heterocycles. The number of benzene rings is 1. The van der Waals surface area contributed by atoms with Gasteiger partial charge in [0.1, 0.15) is 18.1 Å². The molecule has 1 amide bonds. The standard InChI is InChI=1S/C14H9F4N3OS/c15-9-3-1-8(2-4-9)10-5-21-11(6-23-13(21)20-10)12(22)19-7-14(16,17)18/h1-6H,7H2,(H,19,22). The summed E-state index contributed by atoms with van der Waals surface area (Å²) >= 11 is 1.13. The normalized spacial score (nSPS) is 11.8.